The van der Waals surface area contributed by atoms with E-state index in [0.29, 0.717) is 18.9 Å². The molecule has 1 aromatic carbocycles. The highest BCUT2D eigenvalue weighted by atomic mass is 16.5. The van der Waals surface area contributed by atoms with Crippen LogP contribution < -0.4 is 10.2 Å². The number of carbonyl (C=O) groups is 1. The number of nitrogens with one attached hydrogen (secondary N) is 2. The molecule has 0 fully saturated rings. The summed E-state index contributed by atoms with van der Waals surface area (Å²) in [6, 6.07) is 7.67. The topological polar surface area (TPSA) is 70.2 Å². The van der Waals surface area contributed by atoms with Crippen LogP contribution in [0.2, 0.25) is 0 Å². The van der Waals surface area contributed by atoms with Crippen LogP contribution in [0.3, 0.4) is 0 Å². The molecule has 1 aromatic heterocycles. The van der Waals surface area contributed by atoms with Gasteiger partial charge in [0.15, 0.2) is 5.69 Å². The lowest BCUT2D eigenvalue weighted by molar-refractivity contribution is 0.0985. The highest BCUT2D eigenvalue weighted by Gasteiger charge is 2.22. The maximum Gasteiger partial charge on any atom is 0.276 e. The van der Waals surface area contributed by atoms with Crippen LogP contribution in [-0.4, -0.2) is 36.8 Å². The van der Waals surface area contributed by atoms with E-state index in [4.69, 9.17) is 4.74 Å². The third-order valence-corrected chi connectivity index (χ3v) is 3.55. The molecule has 0 spiro atoms. The fraction of sp³-hybridized carbons (Fsp3) is 0.333. The van der Waals surface area contributed by atoms with Crippen molar-refractivity contribution in [1.82, 2.24) is 10.2 Å². The standard InChI is InChI=1S/C15H18N4O2/c1-19(2)11-5-3-10(4-6-11)16-15(20)14-12-9-21-8-7-13(12)17-18-14/h3-6H,7-9H2,1-2H3,(H,16,20)(H,17,18). The smallest absolute Gasteiger partial charge is 0.276 e. The number of aromatic nitrogens is 2. The number of hydrogen-bond acceptors (Lipinski definition) is 4. The van der Waals surface area contributed by atoms with Gasteiger partial charge in [-0.15, -0.1) is 0 Å². The summed E-state index contributed by atoms with van der Waals surface area (Å²) in [6.07, 6.45) is 0.771. The lowest BCUT2D eigenvalue weighted by Crippen LogP contribution is -2.17. The number of rotatable bonds is 3. The van der Waals surface area contributed by atoms with Crippen molar-refractivity contribution in [2.45, 2.75) is 13.0 Å². The number of amides is 1. The van der Waals surface area contributed by atoms with Gasteiger partial charge in [0.25, 0.3) is 5.91 Å². The first-order valence-corrected chi connectivity index (χ1v) is 6.88. The van der Waals surface area contributed by atoms with E-state index in [-0.39, 0.29) is 5.91 Å². The molecule has 0 bridgehead atoms. The minimum Gasteiger partial charge on any atom is -0.378 e. The van der Waals surface area contributed by atoms with Gasteiger partial charge in [0.1, 0.15) is 0 Å². The van der Waals surface area contributed by atoms with E-state index in [0.717, 1.165) is 29.1 Å². The molecule has 3 rings (SSSR count). The Balaban J connectivity index is 1.75. The Labute approximate surface area is 123 Å². The van der Waals surface area contributed by atoms with E-state index in [2.05, 4.69) is 15.5 Å². The quantitative estimate of drug-likeness (QED) is 0.902. The molecule has 2 heterocycles. The Morgan fingerprint density at radius 1 is 1.33 bits per heavy atom. The van der Waals surface area contributed by atoms with Crippen molar-refractivity contribution in [2.24, 2.45) is 0 Å². The molecule has 0 unspecified atom stereocenters. The van der Waals surface area contributed by atoms with Gasteiger partial charge < -0.3 is 15.0 Å². The van der Waals surface area contributed by atoms with Crippen LogP contribution in [0.1, 0.15) is 21.7 Å². The van der Waals surface area contributed by atoms with E-state index in [1.807, 2.05) is 43.3 Å². The summed E-state index contributed by atoms with van der Waals surface area (Å²) >= 11 is 0. The summed E-state index contributed by atoms with van der Waals surface area (Å²) < 4.78 is 5.39. The van der Waals surface area contributed by atoms with Gasteiger partial charge in [-0.3, -0.25) is 9.89 Å². The minimum absolute atomic E-state index is 0.212. The fourth-order valence-corrected chi connectivity index (χ4v) is 2.33. The molecule has 1 aliphatic heterocycles. The highest BCUT2D eigenvalue weighted by Crippen LogP contribution is 2.20. The average molecular weight is 286 g/mol. The van der Waals surface area contributed by atoms with E-state index >= 15 is 0 Å². The van der Waals surface area contributed by atoms with E-state index in [9.17, 15) is 4.79 Å². The highest BCUT2D eigenvalue weighted by molar-refractivity contribution is 6.04. The average Bonchev–Trinajstić information content (AvgIpc) is 2.92. The van der Waals surface area contributed by atoms with E-state index in [1.165, 1.54) is 0 Å². The van der Waals surface area contributed by atoms with Crippen LogP contribution in [0.15, 0.2) is 24.3 Å². The van der Waals surface area contributed by atoms with Crippen molar-refractivity contribution in [3.05, 3.63) is 41.2 Å². The van der Waals surface area contributed by atoms with Gasteiger partial charge in [0, 0.05) is 43.1 Å². The predicted molar refractivity (Wildman–Crippen MR) is 80.7 cm³/mol. The van der Waals surface area contributed by atoms with Crippen molar-refractivity contribution >= 4 is 17.3 Å². The number of aromatic amines is 1. The SMILES string of the molecule is CN(C)c1ccc(NC(=O)c2n[nH]c3c2COCC3)cc1. The zero-order chi connectivity index (χ0) is 14.8. The van der Waals surface area contributed by atoms with Gasteiger partial charge >= 0.3 is 0 Å². The zero-order valence-electron chi connectivity index (χ0n) is 12.1. The molecule has 6 heteroatoms. The Hall–Kier alpha value is -2.34. The Morgan fingerprint density at radius 2 is 2.10 bits per heavy atom. The predicted octanol–water partition coefficient (Wildman–Crippen LogP) is 1.80. The summed E-state index contributed by atoms with van der Waals surface area (Å²) in [7, 11) is 3.95. The fourth-order valence-electron chi connectivity index (χ4n) is 2.33. The van der Waals surface area contributed by atoms with Crippen molar-refractivity contribution in [3.63, 3.8) is 0 Å². The molecule has 2 N–H and O–H groups in total. The van der Waals surface area contributed by atoms with E-state index in [1.54, 1.807) is 0 Å². The molecule has 1 amide bonds. The summed E-state index contributed by atoms with van der Waals surface area (Å²) in [5.41, 5.74) is 4.11. The summed E-state index contributed by atoms with van der Waals surface area (Å²) in [6.45, 7) is 1.11. The lowest BCUT2D eigenvalue weighted by atomic mass is 10.1. The third-order valence-electron chi connectivity index (χ3n) is 3.55. The molecule has 2 aromatic rings. The van der Waals surface area contributed by atoms with Gasteiger partial charge in [-0.1, -0.05) is 0 Å². The van der Waals surface area contributed by atoms with Gasteiger partial charge in [0.2, 0.25) is 0 Å². The van der Waals surface area contributed by atoms with Crippen LogP contribution >= 0.6 is 0 Å². The number of ether oxygens (including phenoxy) is 1. The number of carbonyl (C=O) groups excluding carboxylic acids is 1. The van der Waals surface area contributed by atoms with Crippen molar-refractivity contribution < 1.29 is 9.53 Å². The molecule has 0 saturated carbocycles. The van der Waals surface area contributed by atoms with Crippen LogP contribution in [0, 0.1) is 0 Å². The van der Waals surface area contributed by atoms with E-state index < -0.39 is 0 Å². The second kappa shape index (κ2) is 5.57. The van der Waals surface area contributed by atoms with Crippen molar-refractivity contribution in [2.75, 3.05) is 30.9 Å². The summed E-state index contributed by atoms with van der Waals surface area (Å²) in [5, 5.41) is 9.90. The molecular weight excluding hydrogens is 268 g/mol. The first-order valence-electron chi connectivity index (χ1n) is 6.88. The Bertz CT molecular complexity index is 646. The summed E-state index contributed by atoms with van der Waals surface area (Å²) in [5.74, 6) is -0.212. The number of H-pyrrole nitrogens is 1. The number of anilines is 2. The largest absolute Gasteiger partial charge is 0.378 e. The van der Waals surface area contributed by atoms with Gasteiger partial charge in [-0.25, -0.2) is 0 Å². The van der Waals surface area contributed by atoms with Crippen LogP contribution in [0.4, 0.5) is 11.4 Å². The maximum atomic E-state index is 12.3. The molecule has 0 aliphatic carbocycles. The normalized spacial score (nSPS) is 13.6. The first kappa shape index (κ1) is 13.6. The van der Waals surface area contributed by atoms with Crippen molar-refractivity contribution in [1.29, 1.82) is 0 Å². The molecule has 21 heavy (non-hydrogen) atoms. The molecule has 0 atom stereocenters. The maximum absolute atomic E-state index is 12.3. The van der Waals surface area contributed by atoms with Gasteiger partial charge in [0.05, 0.1) is 13.2 Å². The molecular formula is C15H18N4O2. The van der Waals surface area contributed by atoms with Crippen LogP contribution in [0.5, 0.6) is 0 Å². The first-order chi connectivity index (χ1) is 10.1. The third kappa shape index (κ3) is 2.75. The summed E-state index contributed by atoms with van der Waals surface area (Å²) in [4.78, 5) is 14.3. The van der Waals surface area contributed by atoms with Crippen molar-refractivity contribution in [3.8, 4) is 0 Å². The zero-order valence-corrected chi connectivity index (χ0v) is 12.1. The second-order valence-corrected chi connectivity index (χ2v) is 5.23. The second-order valence-electron chi connectivity index (χ2n) is 5.23. The molecule has 6 nitrogen and oxygen atoms in total. The van der Waals surface area contributed by atoms with Gasteiger partial charge in [-0.05, 0) is 24.3 Å². The number of hydrogen-bond donors (Lipinski definition) is 2. The number of benzene rings is 1. The molecule has 0 saturated heterocycles. The van der Waals surface area contributed by atoms with Crippen LogP contribution in [0.25, 0.3) is 0 Å². The Morgan fingerprint density at radius 3 is 2.81 bits per heavy atom. The minimum atomic E-state index is -0.212. The monoisotopic (exact) mass is 286 g/mol. The van der Waals surface area contributed by atoms with Crippen LogP contribution in [-0.2, 0) is 17.8 Å². The van der Waals surface area contributed by atoms with Gasteiger partial charge in [-0.2, -0.15) is 5.10 Å². The molecule has 110 valence electrons. The molecule has 0 radical (unpaired) electrons. The number of fused-ring (bicyclic) bond motifs is 1. The molecule has 1 aliphatic rings. The lowest BCUT2D eigenvalue weighted by Gasteiger charge is -2.14. The number of nitrogens with zero attached hydrogens (tertiary/aromatic N) is 2. The Kier molecular flexibility index (Phi) is 3.62.